The molecule has 4 aliphatic rings. The van der Waals surface area contributed by atoms with Gasteiger partial charge in [-0.2, -0.15) is 0 Å². The second-order valence-electron chi connectivity index (χ2n) is 8.37. The van der Waals surface area contributed by atoms with E-state index in [-0.39, 0.29) is 25.0 Å². The standard InChI is InChI=1S/C21H28N2O4/c1-3-9-23-10-8-20-17-13-4-5-15(26-12-25-2)18(17)27-19(20)14(22)6-7-21(20,24)16(23)11-13/h3-5,14,16,19,24H,1,6-12,22H2,2H3/t14?,16-,19?,20+,21-/m1/s1. The van der Waals surface area contributed by atoms with Crippen LogP contribution in [0.5, 0.6) is 11.5 Å². The second-order valence-corrected chi connectivity index (χ2v) is 8.37. The SMILES string of the molecule is C=CCN1CC[C@]23c4c5ccc(OCOC)c4OC2C(N)CC[C@@]3(O)[C@H]1C5. The number of nitrogens with two attached hydrogens (primary N) is 1. The van der Waals surface area contributed by atoms with Gasteiger partial charge in [-0.15, -0.1) is 6.58 Å². The van der Waals surface area contributed by atoms with Crippen molar-refractivity contribution in [3.05, 3.63) is 35.9 Å². The summed E-state index contributed by atoms with van der Waals surface area (Å²) >= 11 is 0. The number of methoxy groups -OCH3 is 1. The van der Waals surface area contributed by atoms with E-state index in [1.165, 1.54) is 5.56 Å². The molecule has 1 saturated heterocycles. The quantitative estimate of drug-likeness (QED) is 0.600. The molecule has 2 fully saturated rings. The zero-order valence-corrected chi connectivity index (χ0v) is 15.8. The number of nitrogens with zero attached hydrogens (tertiary/aromatic N) is 1. The number of hydrogen-bond acceptors (Lipinski definition) is 6. The van der Waals surface area contributed by atoms with Crippen LogP contribution in [0.15, 0.2) is 24.8 Å². The highest BCUT2D eigenvalue weighted by molar-refractivity contribution is 5.63. The number of ether oxygens (including phenoxy) is 3. The van der Waals surface area contributed by atoms with E-state index in [1.54, 1.807) is 7.11 Å². The van der Waals surface area contributed by atoms with Gasteiger partial charge >= 0.3 is 0 Å². The van der Waals surface area contributed by atoms with Crippen molar-refractivity contribution in [2.45, 2.75) is 54.9 Å². The summed E-state index contributed by atoms with van der Waals surface area (Å²) in [7, 11) is 1.60. The van der Waals surface area contributed by atoms with Crippen molar-refractivity contribution in [3.8, 4) is 11.5 Å². The van der Waals surface area contributed by atoms with Gasteiger partial charge in [-0.05, 0) is 43.9 Å². The molecule has 1 spiro atoms. The van der Waals surface area contributed by atoms with Gasteiger partial charge in [0.1, 0.15) is 6.10 Å². The van der Waals surface area contributed by atoms with E-state index < -0.39 is 11.0 Å². The Morgan fingerprint density at radius 1 is 1.44 bits per heavy atom. The van der Waals surface area contributed by atoms with Crippen LogP contribution < -0.4 is 15.2 Å². The molecule has 1 saturated carbocycles. The average molecular weight is 372 g/mol. The van der Waals surface area contributed by atoms with E-state index in [1.807, 2.05) is 12.1 Å². The highest BCUT2D eigenvalue weighted by Gasteiger charge is 2.72. The first-order valence-corrected chi connectivity index (χ1v) is 9.84. The van der Waals surface area contributed by atoms with E-state index in [4.69, 9.17) is 19.9 Å². The minimum absolute atomic E-state index is 0.0621. The van der Waals surface area contributed by atoms with Crippen molar-refractivity contribution in [1.29, 1.82) is 0 Å². The predicted octanol–water partition coefficient (Wildman–Crippen LogP) is 1.34. The lowest BCUT2D eigenvalue weighted by molar-refractivity contribution is -0.187. The van der Waals surface area contributed by atoms with Gasteiger partial charge in [0.05, 0.1) is 11.0 Å². The smallest absolute Gasteiger partial charge is 0.188 e. The number of hydrogen-bond donors (Lipinski definition) is 2. The Labute approximate surface area is 159 Å². The van der Waals surface area contributed by atoms with Crippen LogP contribution in [0.1, 0.15) is 30.4 Å². The van der Waals surface area contributed by atoms with Gasteiger partial charge in [0.25, 0.3) is 0 Å². The maximum absolute atomic E-state index is 12.1. The van der Waals surface area contributed by atoms with Crippen LogP contribution in [0.2, 0.25) is 0 Å². The number of rotatable bonds is 5. The van der Waals surface area contributed by atoms with Crippen LogP contribution in [0.3, 0.4) is 0 Å². The van der Waals surface area contributed by atoms with Gasteiger partial charge in [0.15, 0.2) is 18.3 Å². The van der Waals surface area contributed by atoms with E-state index in [9.17, 15) is 5.11 Å². The first-order chi connectivity index (χ1) is 13.1. The van der Waals surface area contributed by atoms with Crippen molar-refractivity contribution < 1.29 is 19.3 Å². The molecule has 146 valence electrons. The zero-order valence-electron chi connectivity index (χ0n) is 15.8. The van der Waals surface area contributed by atoms with Gasteiger partial charge in [-0.1, -0.05) is 12.1 Å². The summed E-state index contributed by atoms with van der Waals surface area (Å²) in [5.74, 6) is 1.45. The molecule has 1 aromatic rings. The molecule has 3 N–H and O–H groups in total. The van der Waals surface area contributed by atoms with Crippen LogP contribution in [0.4, 0.5) is 0 Å². The van der Waals surface area contributed by atoms with Crippen molar-refractivity contribution in [3.63, 3.8) is 0 Å². The fourth-order valence-corrected chi connectivity index (χ4v) is 6.28. The fraction of sp³-hybridized carbons (Fsp3) is 0.619. The molecular weight excluding hydrogens is 344 g/mol. The van der Waals surface area contributed by atoms with E-state index >= 15 is 0 Å². The minimum atomic E-state index is -0.840. The molecule has 2 aliphatic carbocycles. The van der Waals surface area contributed by atoms with Gasteiger partial charge < -0.3 is 25.1 Å². The molecule has 6 heteroatoms. The Kier molecular flexibility index (Phi) is 3.85. The zero-order chi connectivity index (χ0) is 18.8. The molecule has 0 aromatic heterocycles. The largest absolute Gasteiger partial charge is 0.484 e. The Balaban J connectivity index is 1.70. The second kappa shape index (κ2) is 5.95. The van der Waals surface area contributed by atoms with E-state index in [0.717, 1.165) is 43.7 Å². The van der Waals surface area contributed by atoms with Crippen LogP contribution in [0.25, 0.3) is 0 Å². The van der Waals surface area contributed by atoms with Crippen molar-refractivity contribution >= 4 is 0 Å². The molecule has 27 heavy (non-hydrogen) atoms. The highest BCUT2D eigenvalue weighted by Crippen LogP contribution is 2.65. The molecule has 5 atom stereocenters. The number of piperidine rings is 1. The Morgan fingerprint density at radius 2 is 2.30 bits per heavy atom. The molecule has 2 aliphatic heterocycles. The summed E-state index contributed by atoms with van der Waals surface area (Å²) in [6, 6.07) is 4.06. The molecule has 0 radical (unpaired) electrons. The molecule has 5 rings (SSSR count). The van der Waals surface area contributed by atoms with Crippen LogP contribution in [-0.2, 0) is 16.6 Å². The third kappa shape index (κ3) is 2.04. The summed E-state index contributed by atoms with van der Waals surface area (Å²) in [5, 5.41) is 12.1. The molecule has 2 heterocycles. The van der Waals surface area contributed by atoms with E-state index in [0.29, 0.717) is 12.2 Å². The van der Waals surface area contributed by atoms with E-state index in [2.05, 4.69) is 17.5 Å². The molecule has 1 aromatic carbocycles. The molecular formula is C21H28N2O4. The van der Waals surface area contributed by atoms with Gasteiger partial charge in [-0.25, -0.2) is 0 Å². The van der Waals surface area contributed by atoms with Gasteiger partial charge in [-0.3, -0.25) is 4.90 Å². The summed E-state index contributed by atoms with van der Waals surface area (Å²) < 4.78 is 17.3. The average Bonchev–Trinajstić information content (AvgIpc) is 3.01. The maximum atomic E-state index is 12.1. The summed E-state index contributed by atoms with van der Waals surface area (Å²) in [4.78, 5) is 2.38. The minimum Gasteiger partial charge on any atom is -0.484 e. The van der Waals surface area contributed by atoms with Crippen LogP contribution in [0, 0.1) is 0 Å². The predicted molar refractivity (Wildman–Crippen MR) is 101 cm³/mol. The molecule has 6 nitrogen and oxygen atoms in total. The van der Waals surface area contributed by atoms with Crippen LogP contribution >= 0.6 is 0 Å². The summed E-state index contributed by atoms with van der Waals surface area (Å²) in [6.07, 6.45) is 4.82. The van der Waals surface area contributed by atoms with Gasteiger partial charge in [0, 0.05) is 31.3 Å². The third-order valence-electron chi connectivity index (χ3n) is 7.30. The highest BCUT2D eigenvalue weighted by atomic mass is 16.7. The lowest BCUT2D eigenvalue weighted by Crippen LogP contribution is -2.77. The molecule has 2 unspecified atom stereocenters. The maximum Gasteiger partial charge on any atom is 0.188 e. The Morgan fingerprint density at radius 3 is 3.07 bits per heavy atom. The number of likely N-dealkylation sites (tertiary alicyclic amines) is 1. The third-order valence-corrected chi connectivity index (χ3v) is 7.30. The monoisotopic (exact) mass is 372 g/mol. The lowest BCUT2D eigenvalue weighted by atomic mass is 9.48. The summed E-state index contributed by atoms with van der Waals surface area (Å²) in [5.41, 5.74) is 7.62. The molecule has 0 amide bonds. The van der Waals surface area contributed by atoms with Crippen molar-refractivity contribution in [2.24, 2.45) is 5.73 Å². The van der Waals surface area contributed by atoms with Crippen molar-refractivity contribution in [1.82, 2.24) is 4.90 Å². The lowest BCUT2D eigenvalue weighted by Gasteiger charge is -2.63. The first-order valence-electron chi connectivity index (χ1n) is 9.84. The Bertz CT molecular complexity index is 784. The number of benzene rings is 1. The normalized spacial score (nSPS) is 38.9. The number of aliphatic hydroxyl groups is 1. The van der Waals surface area contributed by atoms with Crippen LogP contribution in [-0.4, -0.2) is 60.8 Å². The molecule has 2 bridgehead atoms. The first kappa shape index (κ1) is 17.5. The Hall–Kier alpha value is -1.60. The summed E-state index contributed by atoms with van der Waals surface area (Å²) in [6.45, 7) is 5.78. The van der Waals surface area contributed by atoms with Gasteiger partial charge in [0.2, 0.25) is 0 Å². The topological polar surface area (TPSA) is 77.2 Å². The fourth-order valence-electron chi connectivity index (χ4n) is 6.28. The van der Waals surface area contributed by atoms with Crippen molar-refractivity contribution in [2.75, 3.05) is 27.0 Å².